The minimum absolute atomic E-state index is 0.0354. The largest absolute Gasteiger partial charge is 0.481 e. The van der Waals surface area contributed by atoms with Crippen molar-refractivity contribution >= 4 is 17.9 Å². The van der Waals surface area contributed by atoms with Crippen molar-refractivity contribution in [1.29, 1.82) is 0 Å². The Morgan fingerprint density at radius 1 is 0.769 bits per heavy atom. The van der Waals surface area contributed by atoms with Gasteiger partial charge in [0.15, 0.2) is 0 Å². The van der Waals surface area contributed by atoms with E-state index in [0.717, 1.165) is 64.7 Å². The molecule has 0 aromatic carbocycles. The Morgan fingerprint density at radius 2 is 1.31 bits per heavy atom. The molecule has 0 unspecified atom stereocenters. The summed E-state index contributed by atoms with van der Waals surface area (Å²) in [5.74, 6) is -0.0445. The first-order valence-corrected chi connectivity index (χ1v) is 10.1. The molecule has 146 valence electrons. The Hall–Kier alpha value is -1.79. The normalized spacial score (nSPS) is 22.7. The maximum atomic E-state index is 12.8. The molecule has 0 spiro atoms. The molecule has 3 amide bonds. The quantitative estimate of drug-likeness (QED) is 0.826. The number of carbonyl (C=O) groups excluding carboxylic acids is 2. The van der Waals surface area contributed by atoms with Crippen molar-refractivity contribution in [2.45, 2.75) is 51.4 Å². The highest BCUT2D eigenvalue weighted by Gasteiger charge is 2.33. The fourth-order valence-electron chi connectivity index (χ4n) is 4.45. The lowest BCUT2D eigenvalue weighted by Crippen LogP contribution is -2.49. The van der Waals surface area contributed by atoms with Crippen LogP contribution < -0.4 is 0 Å². The molecule has 3 saturated heterocycles. The topological polar surface area (TPSA) is 81.2 Å². The first kappa shape index (κ1) is 19.0. The summed E-state index contributed by atoms with van der Waals surface area (Å²) in [6, 6.07) is 0.146. The molecule has 0 saturated carbocycles. The number of carbonyl (C=O) groups is 3. The average Bonchev–Trinajstić information content (AvgIpc) is 3.20. The third-order valence-electron chi connectivity index (χ3n) is 6.18. The van der Waals surface area contributed by atoms with Gasteiger partial charge in [0, 0.05) is 51.6 Å². The van der Waals surface area contributed by atoms with Crippen molar-refractivity contribution in [3.63, 3.8) is 0 Å². The molecular weight excluding hydrogens is 334 g/mol. The summed E-state index contributed by atoms with van der Waals surface area (Å²) in [6.07, 6.45) is 6.48. The molecule has 3 rings (SSSR count). The standard InChI is InChI=1S/C19H31N3O4/c23-17(24)4-3-15-5-11-20(12-6-15)18(25)16-7-13-22(14-8-16)19(26)21-9-1-2-10-21/h15-16H,1-14H2,(H,23,24). The number of likely N-dealkylation sites (tertiary alicyclic amines) is 3. The van der Waals surface area contributed by atoms with E-state index >= 15 is 0 Å². The lowest BCUT2D eigenvalue weighted by atomic mass is 9.90. The van der Waals surface area contributed by atoms with Crippen molar-refractivity contribution in [1.82, 2.24) is 14.7 Å². The molecule has 0 radical (unpaired) electrons. The van der Waals surface area contributed by atoms with Crippen LogP contribution in [0.25, 0.3) is 0 Å². The molecule has 3 aliphatic rings. The van der Waals surface area contributed by atoms with Gasteiger partial charge in [-0.3, -0.25) is 9.59 Å². The first-order chi connectivity index (χ1) is 12.5. The molecule has 0 atom stereocenters. The van der Waals surface area contributed by atoms with Crippen LogP contribution in [0.4, 0.5) is 4.79 Å². The molecule has 7 nitrogen and oxygen atoms in total. The Bertz CT molecular complexity index is 517. The highest BCUT2D eigenvalue weighted by molar-refractivity contribution is 5.80. The summed E-state index contributed by atoms with van der Waals surface area (Å²) in [5, 5.41) is 8.79. The third-order valence-corrected chi connectivity index (χ3v) is 6.18. The summed E-state index contributed by atoms with van der Waals surface area (Å²) in [5.41, 5.74) is 0. The number of hydrogen-bond donors (Lipinski definition) is 1. The van der Waals surface area contributed by atoms with Gasteiger partial charge in [0.05, 0.1) is 0 Å². The summed E-state index contributed by atoms with van der Waals surface area (Å²) in [6.45, 7) is 4.59. The fraction of sp³-hybridized carbons (Fsp3) is 0.842. The smallest absolute Gasteiger partial charge is 0.319 e. The fourth-order valence-corrected chi connectivity index (χ4v) is 4.45. The van der Waals surface area contributed by atoms with Crippen molar-refractivity contribution in [3.05, 3.63) is 0 Å². The van der Waals surface area contributed by atoms with E-state index in [1.54, 1.807) is 0 Å². The SMILES string of the molecule is O=C(O)CCC1CCN(C(=O)C2CCN(C(=O)N3CCCC3)CC2)CC1. The molecule has 3 aliphatic heterocycles. The van der Waals surface area contributed by atoms with Crippen LogP contribution >= 0.6 is 0 Å². The van der Waals surface area contributed by atoms with Gasteiger partial charge < -0.3 is 19.8 Å². The van der Waals surface area contributed by atoms with Crippen LogP contribution in [0.2, 0.25) is 0 Å². The minimum Gasteiger partial charge on any atom is -0.481 e. The molecule has 0 bridgehead atoms. The Morgan fingerprint density at radius 3 is 1.88 bits per heavy atom. The number of piperidine rings is 2. The number of rotatable bonds is 4. The van der Waals surface area contributed by atoms with Gasteiger partial charge in [0.1, 0.15) is 0 Å². The maximum Gasteiger partial charge on any atom is 0.319 e. The number of carboxylic acid groups (broad SMARTS) is 1. The van der Waals surface area contributed by atoms with Gasteiger partial charge in [-0.2, -0.15) is 0 Å². The van der Waals surface area contributed by atoms with E-state index in [1.807, 2.05) is 14.7 Å². The minimum atomic E-state index is -0.737. The van der Waals surface area contributed by atoms with Gasteiger partial charge in [-0.05, 0) is 50.9 Å². The van der Waals surface area contributed by atoms with Crippen LogP contribution in [0.1, 0.15) is 51.4 Å². The van der Waals surface area contributed by atoms with Gasteiger partial charge in [0.25, 0.3) is 0 Å². The number of amides is 3. The molecule has 7 heteroatoms. The summed E-state index contributed by atoms with van der Waals surface area (Å²) >= 11 is 0. The van der Waals surface area contributed by atoms with Crippen LogP contribution in [0.5, 0.6) is 0 Å². The van der Waals surface area contributed by atoms with Crippen molar-refractivity contribution in [2.75, 3.05) is 39.3 Å². The van der Waals surface area contributed by atoms with Crippen molar-refractivity contribution in [2.24, 2.45) is 11.8 Å². The van der Waals surface area contributed by atoms with Crippen LogP contribution in [0.3, 0.4) is 0 Å². The predicted molar refractivity (Wildman–Crippen MR) is 96.7 cm³/mol. The van der Waals surface area contributed by atoms with E-state index in [2.05, 4.69) is 0 Å². The zero-order valence-corrected chi connectivity index (χ0v) is 15.6. The molecular formula is C19H31N3O4. The zero-order valence-electron chi connectivity index (χ0n) is 15.6. The molecule has 26 heavy (non-hydrogen) atoms. The van der Waals surface area contributed by atoms with Crippen molar-refractivity contribution < 1.29 is 19.5 Å². The summed E-state index contributed by atoms with van der Waals surface area (Å²) < 4.78 is 0. The molecule has 0 aliphatic carbocycles. The highest BCUT2D eigenvalue weighted by atomic mass is 16.4. The van der Waals surface area contributed by atoms with E-state index in [4.69, 9.17) is 5.11 Å². The first-order valence-electron chi connectivity index (χ1n) is 10.1. The van der Waals surface area contributed by atoms with Crippen LogP contribution in [-0.4, -0.2) is 77.0 Å². The molecule has 3 fully saturated rings. The Labute approximate surface area is 155 Å². The van der Waals surface area contributed by atoms with E-state index in [1.165, 1.54) is 0 Å². The van der Waals surface area contributed by atoms with E-state index in [0.29, 0.717) is 25.4 Å². The van der Waals surface area contributed by atoms with Crippen LogP contribution in [0.15, 0.2) is 0 Å². The second-order valence-electron chi connectivity index (χ2n) is 7.94. The van der Waals surface area contributed by atoms with Gasteiger partial charge in [-0.1, -0.05) is 0 Å². The second kappa shape index (κ2) is 8.73. The van der Waals surface area contributed by atoms with Gasteiger partial charge >= 0.3 is 12.0 Å². The molecule has 3 heterocycles. The molecule has 0 aromatic rings. The summed E-state index contributed by atoms with van der Waals surface area (Å²) in [7, 11) is 0. The number of carboxylic acids is 1. The number of hydrogen-bond acceptors (Lipinski definition) is 3. The Balaban J connectivity index is 1.40. The van der Waals surface area contributed by atoms with Crippen molar-refractivity contribution in [3.8, 4) is 0 Å². The third kappa shape index (κ3) is 4.68. The van der Waals surface area contributed by atoms with Crippen LogP contribution in [0, 0.1) is 11.8 Å². The van der Waals surface area contributed by atoms with E-state index < -0.39 is 5.97 Å². The Kier molecular flexibility index (Phi) is 6.38. The molecule has 1 N–H and O–H groups in total. The maximum absolute atomic E-state index is 12.8. The highest BCUT2D eigenvalue weighted by Crippen LogP contribution is 2.26. The predicted octanol–water partition coefficient (Wildman–Crippen LogP) is 2.02. The lowest BCUT2D eigenvalue weighted by Gasteiger charge is -2.38. The number of nitrogens with zero attached hydrogens (tertiary/aromatic N) is 3. The van der Waals surface area contributed by atoms with Gasteiger partial charge in [0.2, 0.25) is 5.91 Å². The average molecular weight is 365 g/mol. The van der Waals surface area contributed by atoms with Crippen LogP contribution in [-0.2, 0) is 9.59 Å². The van der Waals surface area contributed by atoms with E-state index in [-0.39, 0.29) is 24.3 Å². The van der Waals surface area contributed by atoms with Gasteiger partial charge in [-0.25, -0.2) is 4.79 Å². The zero-order chi connectivity index (χ0) is 18.5. The summed E-state index contributed by atoms with van der Waals surface area (Å²) in [4.78, 5) is 41.7. The number of aliphatic carboxylic acids is 1. The number of urea groups is 1. The lowest BCUT2D eigenvalue weighted by molar-refractivity contribution is -0.140. The molecule has 0 aromatic heterocycles. The second-order valence-corrected chi connectivity index (χ2v) is 7.94. The van der Waals surface area contributed by atoms with E-state index in [9.17, 15) is 14.4 Å². The van der Waals surface area contributed by atoms with Gasteiger partial charge in [-0.15, -0.1) is 0 Å². The monoisotopic (exact) mass is 365 g/mol.